The first kappa shape index (κ1) is 54.2. The molecule has 0 spiro atoms. The molecule has 8 atom stereocenters. The van der Waals surface area contributed by atoms with Crippen molar-refractivity contribution in [2.45, 2.75) is 128 Å². The minimum absolute atomic E-state index is 0.00000584. The van der Waals surface area contributed by atoms with Crippen LogP contribution in [0.15, 0.2) is 109 Å². The van der Waals surface area contributed by atoms with Gasteiger partial charge in [0.15, 0.2) is 0 Å². The third kappa shape index (κ3) is 16.4. The molecular formula is C54H68N6O12. The van der Waals surface area contributed by atoms with Gasteiger partial charge in [0.25, 0.3) is 0 Å². The van der Waals surface area contributed by atoms with Gasteiger partial charge in [-0.1, -0.05) is 113 Å². The minimum atomic E-state index is -1.73. The van der Waals surface area contributed by atoms with E-state index in [0.29, 0.717) is 35.5 Å². The Morgan fingerprint density at radius 1 is 0.542 bits per heavy atom. The Balaban J connectivity index is 1.23. The monoisotopic (exact) mass is 992 g/mol. The van der Waals surface area contributed by atoms with Gasteiger partial charge in [0, 0.05) is 0 Å². The number of rotatable bonds is 11. The van der Waals surface area contributed by atoms with Gasteiger partial charge in [-0.25, -0.2) is 9.59 Å². The van der Waals surface area contributed by atoms with Gasteiger partial charge < -0.3 is 61.1 Å². The van der Waals surface area contributed by atoms with E-state index >= 15 is 0 Å². The van der Waals surface area contributed by atoms with Crippen LogP contribution in [0.3, 0.4) is 0 Å². The molecule has 4 aromatic rings. The predicted molar refractivity (Wildman–Crippen MR) is 266 cm³/mol. The first-order chi connectivity index (χ1) is 34.6. The Morgan fingerprint density at radius 2 is 0.903 bits per heavy atom. The summed E-state index contributed by atoms with van der Waals surface area (Å²) in [6, 6.07) is 25.2. The fraction of sp³-hybridized carbons (Fsp3) is 0.444. The highest BCUT2D eigenvalue weighted by Gasteiger charge is 2.39. The number of amides is 6. The molecule has 386 valence electrons. The fourth-order valence-corrected chi connectivity index (χ4v) is 8.37. The SMILES string of the molecule is CC(C)[C@@H]1NC(=O)[C@@H](NC(=O)OCc2ccccc2)CCCOc2ccc(cc2)C[C@@H]([C@@H](O)[C@H](O)[C@@H]2Cc3ccc(cc3)OCCC[C@@H](NC(=O)OCc3ccccc3)C(=O)N[C@@H](C(C)C)C(=O)N2)NC1=O. The first-order valence-electron chi connectivity index (χ1n) is 24.6. The molecule has 0 fully saturated rings. The van der Waals surface area contributed by atoms with Crippen LogP contribution in [-0.2, 0) is 54.7 Å². The fourth-order valence-electron chi connectivity index (χ4n) is 8.37. The molecule has 4 aliphatic heterocycles. The number of fused-ring (bicyclic) bond motifs is 26. The van der Waals surface area contributed by atoms with E-state index in [1.54, 1.807) is 100 Å². The zero-order valence-electron chi connectivity index (χ0n) is 41.2. The summed E-state index contributed by atoms with van der Waals surface area (Å²) in [5.41, 5.74) is 2.84. The Labute approximate surface area is 420 Å². The lowest BCUT2D eigenvalue weighted by Crippen LogP contribution is -2.62. The average Bonchev–Trinajstić information content (AvgIpc) is 3.37. The van der Waals surface area contributed by atoms with Crippen molar-refractivity contribution < 1.29 is 57.9 Å². The summed E-state index contributed by atoms with van der Waals surface area (Å²) in [6.07, 6.45) is -4.09. The molecule has 0 saturated heterocycles. The largest absolute Gasteiger partial charge is 0.494 e. The lowest BCUT2D eigenvalue weighted by Gasteiger charge is -2.35. The Hall–Kier alpha value is -7.18. The molecule has 18 nitrogen and oxygen atoms in total. The third-order valence-corrected chi connectivity index (χ3v) is 12.5. The third-order valence-electron chi connectivity index (χ3n) is 12.5. The second-order valence-electron chi connectivity index (χ2n) is 18.9. The van der Waals surface area contributed by atoms with E-state index in [0.717, 1.165) is 11.1 Å². The summed E-state index contributed by atoms with van der Waals surface area (Å²) in [6.45, 7) is 7.29. The maximum atomic E-state index is 14.4. The quantitative estimate of drug-likeness (QED) is 0.104. The van der Waals surface area contributed by atoms with Crippen LogP contribution < -0.4 is 41.4 Å². The number of hydrogen-bond donors (Lipinski definition) is 8. The van der Waals surface area contributed by atoms with Crippen LogP contribution >= 0.6 is 0 Å². The smallest absolute Gasteiger partial charge is 0.408 e. The van der Waals surface area contributed by atoms with Crippen LogP contribution in [0, 0.1) is 11.8 Å². The van der Waals surface area contributed by atoms with Gasteiger partial charge in [-0.3, -0.25) is 19.2 Å². The molecular weight excluding hydrogens is 925 g/mol. The molecule has 0 saturated carbocycles. The van der Waals surface area contributed by atoms with Crippen molar-refractivity contribution in [3.05, 3.63) is 131 Å². The molecule has 8 N–H and O–H groups in total. The normalized spacial score (nSPS) is 22.4. The van der Waals surface area contributed by atoms with Gasteiger partial charge >= 0.3 is 12.2 Å². The lowest BCUT2D eigenvalue weighted by atomic mass is 9.90. The topological polar surface area (TPSA) is 252 Å². The molecule has 0 aromatic heterocycles. The summed E-state index contributed by atoms with van der Waals surface area (Å²) in [5, 5.41) is 41.2. The van der Waals surface area contributed by atoms with E-state index in [4.69, 9.17) is 18.9 Å². The van der Waals surface area contributed by atoms with Gasteiger partial charge in [0.05, 0.1) is 25.3 Å². The second-order valence-corrected chi connectivity index (χ2v) is 18.9. The highest BCUT2D eigenvalue weighted by molar-refractivity contribution is 5.92. The number of aliphatic hydroxyl groups is 2. The molecule has 4 aromatic carbocycles. The number of nitrogens with one attached hydrogen (secondary N) is 6. The molecule has 4 heterocycles. The first-order valence-corrected chi connectivity index (χ1v) is 24.6. The van der Waals surface area contributed by atoms with Gasteiger partial charge in [-0.05, 0) is 96.9 Å². The Bertz CT molecular complexity index is 2220. The van der Waals surface area contributed by atoms with Crippen molar-refractivity contribution in [1.29, 1.82) is 0 Å². The number of benzene rings is 4. The van der Waals surface area contributed by atoms with Gasteiger partial charge in [0.2, 0.25) is 23.6 Å². The van der Waals surface area contributed by atoms with Crippen LogP contribution in [0.5, 0.6) is 11.5 Å². The number of aliphatic hydroxyl groups excluding tert-OH is 2. The minimum Gasteiger partial charge on any atom is -0.494 e. The van der Waals surface area contributed by atoms with Crippen LogP contribution in [0.25, 0.3) is 0 Å². The van der Waals surface area contributed by atoms with E-state index in [-0.39, 0.29) is 52.1 Å². The van der Waals surface area contributed by atoms with E-state index < -0.39 is 96.1 Å². The van der Waals surface area contributed by atoms with Crippen molar-refractivity contribution in [3.63, 3.8) is 0 Å². The molecule has 18 heteroatoms. The lowest BCUT2D eigenvalue weighted by molar-refractivity contribution is -0.133. The van der Waals surface area contributed by atoms with Crippen molar-refractivity contribution in [2.24, 2.45) is 11.8 Å². The Morgan fingerprint density at radius 3 is 1.25 bits per heavy atom. The van der Waals surface area contributed by atoms with Crippen molar-refractivity contribution >= 4 is 35.8 Å². The maximum absolute atomic E-state index is 14.4. The standard InChI is InChI=1S/C54H68N6O12/c1-33(2)45-51(65)55-43(29-35-19-23-39(24-20-35)69-27-11-17-41(49(63)59-45)57-53(67)71-31-37-13-7-5-8-14-37)47(61)48(62)44-30-36-21-25-40(26-22-36)70-28-12-18-42(50(64)60-46(34(3)4)52(66)56-44)58-54(68)72-32-38-15-9-6-10-16-38/h5-10,13-16,19-26,33-34,41-48,61-62H,11-12,17-18,27-32H2,1-4H3,(H,55,65)(H,56,66)(H,57,67)(H,58,68)(H,59,63)(H,60,64)/t41-,42+,43-,44-,45-,46-,47+,48+/m0/s1. The van der Waals surface area contributed by atoms with Crippen molar-refractivity contribution in [1.82, 2.24) is 31.9 Å². The van der Waals surface area contributed by atoms with E-state index in [9.17, 15) is 39.0 Å². The van der Waals surface area contributed by atoms with E-state index in [1.165, 1.54) is 0 Å². The molecule has 4 bridgehead atoms. The van der Waals surface area contributed by atoms with E-state index in [1.807, 2.05) is 36.4 Å². The van der Waals surface area contributed by atoms with Crippen molar-refractivity contribution in [3.8, 4) is 11.5 Å². The maximum Gasteiger partial charge on any atom is 0.408 e. The van der Waals surface area contributed by atoms with E-state index in [2.05, 4.69) is 31.9 Å². The summed E-state index contributed by atoms with van der Waals surface area (Å²) in [7, 11) is 0. The summed E-state index contributed by atoms with van der Waals surface area (Å²) < 4.78 is 22.8. The molecule has 8 rings (SSSR count). The molecule has 0 aliphatic carbocycles. The number of carbonyl (C=O) groups excluding carboxylic acids is 6. The zero-order valence-corrected chi connectivity index (χ0v) is 41.2. The molecule has 0 radical (unpaired) electrons. The highest BCUT2D eigenvalue weighted by Crippen LogP contribution is 2.22. The van der Waals surface area contributed by atoms with Gasteiger partial charge in [-0.2, -0.15) is 0 Å². The van der Waals surface area contributed by atoms with Gasteiger partial charge in [0.1, 0.15) is 61.1 Å². The summed E-state index contributed by atoms with van der Waals surface area (Å²) in [5.74, 6) is -2.55. The average molecular weight is 993 g/mol. The van der Waals surface area contributed by atoms with Crippen LogP contribution in [0.1, 0.15) is 75.6 Å². The number of carbonyl (C=O) groups is 6. The summed E-state index contributed by atoms with van der Waals surface area (Å²) in [4.78, 5) is 82.7. The summed E-state index contributed by atoms with van der Waals surface area (Å²) >= 11 is 0. The zero-order chi connectivity index (χ0) is 51.6. The number of ether oxygens (including phenoxy) is 4. The number of alkyl carbamates (subject to hydrolysis) is 2. The molecule has 6 amide bonds. The molecule has 4 aliphatic rings. The predicted octanol–water partition coefficient (Wildman–Crippen LogP) is 4.38. The molecule has 72 heavy (non-hydrogen) atoms. The number of hydrogen-bond acceptors (Lipinski definition) is 12. The van der Waals surface area contributed by atoms with Crippen LogP contribution in [0.2, 0.25) is 0 Å². The second kappa shape index (κ2) is 26.9. The highest BCUT2D eigenvalue weighted by atomic mass is 16.6. The van der Waals surface area contributed by atoms with Crippen LogP contribution in [-0.4, -0.2) is 108 Å². The van der Waals surface area contributed by atoms with Gasteiger partial charge in [-0.15, -0.1) is 0 Å². The molecule has 0 unspecified atom stereocenters. The van der Waals surface area contributed by atoms with Crippen molar-refractivity contribution in [2.75, 3.05) is 13.2 Å². The van der Waals surface area contributed by atoms with Crippen LogP contribution in [0.4, 0.5) is 9.59 Å². The Kier molecular flexibility index (Phi) is 20.2.